The van der Waals surface area contributed by atoms with Crippen molar-refractivity contribution in [1.29, 1.82) is 0 Å². The number of hydrogen-bond donors (Lipinski definition) is 1. The summed E-state index contributed by atoms with van der Waals surface area (Å²) < 4.78 is 0. The van der Waals surface area contributed by atoms with E-state index < -0.39 is 5.97 Å². The molecule has 0 bridgehead atoms. The van der Waals surface area contributed by atoms with E-state index in [1.807, 2.05) is 49.4 Å². The van der Waals surface area contributed by atoms with Gasteiger partial charge in [-0.25, -0.2) is 4.79 Å². The standard InChI is InChI=1S/C16H14O2/c1-12-5-2-3-7-14(12)10-9-13-6-4-8-15(11-13)16(17)18/h2-11H,1H3,(H,17,18)/b10-9-. The van der Waals surface area contributed by atoms with E-state index in [-0.39, 0.29) is 0 Å². The number of carboxylic acid groups (broad SMARTS) is 1. The summed E-state index contributed by atoms with van der Waals surface area (Å²) in [6.07, 6.45) is 3.92. The molecule has 0 atom stereocenters. The molecule has 0 aliphatic rings. The molecule has 1 N–H and O–H groups in total. The Bertz CT molecular complexity index is 598. The van der Waals surface area contributed by atoms with E-state index >= 15 is 0 Å². The summed E-state index contributed by atoms with van der Waals surface area (Å²) in [7, 11) is 0. The largest absolute Gasteiger partial charge is 0.478 e. The third kappa shape index (κ3) is 2.86. The summed E-state index contributed by atoms with van der Waals surface area (Å²) in [5.74, 6) is -0.902. The van der Waals surface area contributed by atoms with Crippen molar-refractivity contribution in [2.24, 2.45) is 0 Å². The van der Waals surface area contributed by atoms with Gasteiger partial charge in [0.2, 0.25) is 0 Å². The van der Waals surface area contributed by atoms with Crippen LogP contribution in [-0.2, 0) is 0 Å². The normalized spacial score (nSPS) is 10.7. The Morgan fingerprint density at radius 3 is 2.56 bits per heavy atom. The highest BCUT2D eigenvalue weighted by Crippen LogP contribution is 2.13. The van der Waals surface area contributed by atoms with Crippen LogP contribution in [0.5, 0.6) is 0 Å². The van der Waals surface area contributed by atoms with Crippen molar-refractivity contribution in [2.75, 3.05) is 0 Å². The zero-order valence-corrected chi connectivity index (χ0v) is 10.1. The zero-order valence-electron chi connectivity index (χ0n) is 10.1. The van der Waals surface area contributed by atoms with Gasteiger partial charge < -0.3 is 5.11 Å². The second-order valence-corrected chi connectivity index (χ2v) is 4.12. The first-order chi connectivity index (χ1) is 8.66. The molecule has 0 saturated carbocycles. The topological polar surface area (TPSA) is 37.3 Å². The molecule has 0 radical (unpaired) electrons. The van der Waals surface area contributed by atoms with Gasteiger partial charge in [0.25, 0.3) is 0 Å². The van der Waals surface area contributed by atoms with Crippen molar-refractivity contribution in [3.8, 4) is 0 Å². The smallest absolute Gasteiger partial charge is 0.335 e. The van der Waals surface area contributed by atoms with E-state index in [2.05, 4.69) is 0 Å². The molecule has 2 aromatic carbocycles. The van der Waals surface area contributed by atoms with Crippen molar-refractivity contribution in [1.82, 2.24) is 0 Å². The van der Waals surface area contributed by atoms with E-state index in [9.17, 15) is 4.79 Å². The number of carbonyl (C=O) groups is 1. The first-order valence-corrected chi connectivity index (χ1v) is 5.74. The van der Waals surface area contributed by atoms with Gasteiger partial charge in [0.05, 0.1) is 5.56 Å². The zero-order chi connectivity index (χ0) is 13.0. The van der Waals surface area contributed by atoms with Crippen LogP contribution in [0.2, 0.25) is 0 Å². The molecular weight excluding hydrogens is 224 g/mol. The van der Waals surface area contributed by atoms with E-state index in [1.165, 1.54) is 5.56 Å². The summed E-state index contributed by atoms with van der Waals surface area (Å²) in [5.41, 5.74) is 3.53. The summed E-state index contributed by atoms with van der Waals surface area (Å²) in [6.45, 7) is 2.05. The number of aryl methyl sites for hydroxylation is 1. The molecule has 0 unspecified atom stereocenters. The van der Waals surface area contributed by atoms with Crippen LogP contribution in [0.1, 0.15) is 27.0 Å². The van der Waals surface area contributed by atoms with Gasteiger partial charge in [0.15, 0.2) is 0 Å². The highest BCUT2D eigenvalue weighted by Gasteiger charge is 2.01. The molecule has 0 aliphatic heterocycles. The SMILES string of the molecule is Cc1ccccc1/C=C\c1cccc(C(=O)O)c1. The number of hydrogen-bond acceptors (Lipinski definition) is 1. The minimum Gasteiger partial charge on any atom is -0.478 e. The lowest BCUT2D eigenvalue weighted by atomic mass is 10.1. The molecular formula is C16H14O2. The minimum absolute atomic E-state index is 0.307. The fourth-order valence-corrected chi connectivity index (χ4v) is 1.74. The second-order valence-electron chi connectivity index (χ2n) is 4.12. The molecule has 0 amide bonds. The van der Waals surface area contributed by atoms with Gasteiger partial charge in [-0.2, -0.15) is 0 Å². The maximum Gasteiger partial charge on any atom is 0.335 e. The van der Waals surface area contributed by atoms with Crippen molar-refractivity contribution in [3.63, 3.8) is 0 Å². The monoisotopic (exact) mass is 238 g/mol. The molecule has 0 saturated heterocycles. The van der Waals surface area contributed by atoms with Gasteiger partial charge >= 0.3 is 5.97 Å². The molecule has 18 heavy (non-hydrogen) atoms. The molecule has 0 spiro atoms. The second kappa shape index (κ2) is 5.32. The van der Waals surface area contributed by atoms with Gasteiger partial charge in [-0.05, 0) is 35.7 Å². The van der Waals surface area contributed by atoms with Gasteiger partial charge in [-0.3, -0.25) is 0 Å². The van der Waals surface area contributed by atoms with Crippen LogP contribution in [0, 0.1) is 6.92 Å². The molecule has 2 nitrogen and oxygen atoms in total. The van der Waals surface area contributed by atoms with Crippen molar-refractivity contribution in [2.45, 2.75) is 6.92 Å². The van der Waals surface area contributed by atoms with Crippen LogP contribution in [0.25, 0.3) is 12.2 Å². The highest BCUT2D eigenvalue weighted by atomic mass is 16.4. The Balaban J connectivity index is 2.27. The van der Waals surface area contributed by atoms with Gasteiger partial charge in [-0.15, -0.1) is 0 Å². The fourth-order valence-electron chi connectivity index (χ4n) is 1.74. The first-order valence-electron chi connectivity index (χ1n) is 5.74. The number of benzene rings is 2. The third-order valence-corrected chi connectivity index (χ3v) is 2.78. The molecule has 2 heteroatoms. The van der Waals surface area contributed by atoms with Gasteiger partial charge in [-0.1, -0.05) is 48.6 Å². The molecule has 0 aromatic heterocycles. The Kier molecular flexibility index (Phi) is 3.58. The molecule has 0 heterocycles. The first kappa shape index (κ1) is 12.1. The Morgan fingerprint density at radius 2 is 1.83 bits per heavy atom. The van der Waals surface area contributed by atoms with Crippen LogP contribution in [0.15, 0.2) is 48.5 Å². The lowest BCUT2D eigenvalue weighted by Crippen LogP contribution is -1.95. The van der Waals surface area contributed by atoms with E-state index in [4.69, 9.17) is 5.11 Å². The van der Waals surface area contributed by atoms with E-state index in [0.29, 0.717) is 5.56 Å². The predicted molar refractivity (Wildman–Crippen MR) is 73.5 cm³/mol. The highest BCUT2D eigenvalue weighted by molar-refractivity contribution is 5.88. The van der Waals surface area contributed by atoms with Crippen LogP contribution in [-0.4, -0.2) is 11.1 Å². The molecule has 2 aromatic rings. The fraction of sp³-hybridized carbons (Fsp3) is 0.0625. The van der Waals surface area contributed by atoms with Crippen LogP contribution in [0.4, 0.5) is 0 Å². The Labute approximate surface area is 106 Å². The van der Waals surface area contributed by atoms with Crippen LogP contribution < -0.4 is 0 Å². The van der Waals surface area contributed by atoms with E-state index in [1.54, 1.807) is 18.2 Å². The molecule has 0 aliphatic carbocycles. The molecule has 0 fully saturated rings. The summed E-state index contributed by atoms with van der Waals surface area (Å²) in [5, 5.41) is 8.91. The number of carboxylic acids is 1. The Hall–Kier alpha value is -2.35. The van der Waals surface area contributed by atoms with Crippen molar-refractivity contribution in [3.05, 3.63) is 70.8 Å². The van der Waals surface area contributed by atoms with Gasteiger partial charge in [0.1, 0.15) is 0 Å². The van der Waals surface area contributed by atoms with Crippen molar-refractivity contribution >= 4 is 18.1 Å². The quantitative estimate of drug-likeness (QED) is 0.824. The van der Waals surface area contributed by atoms with Crippen molar-refractivity contribution < 1.29 is 9.90 Å². The molecule has 2 rings (SSSR count). The lowest BCUT2D eigenvalue weighted by molar-refractivity contribution is 0.0697. The third-order valence-electron chi connectivity index (χ3n) is 2.78. The summed E-state index contributed by atoms with van der Waals surface area (Å²) in [6, 6.07) is 15.0. The molecule has 90 valence electrons. The lowest BCUT2D eigenvalue weighted by Gasteiger charge is -1.99. The predicted octanol–water partition coefficient (Wildman–Crippen LogP) is 3.86. The van der Waals surface area contributed by atoms with Gasteiger partial charge in [0, 0.05) is 0 Å². The average molecular weight is 238 g/mol. The van der Waals surface area contributed by atoms with Crippen LogP contribution in [0.3, 0.4) is 0 Å². The number of aromatic carboxylic acids is 1. The summed E-state index contributed by atoms with van der Waals surface area (Å²) >= 11 is 0. The summed E-state index contributed by atoms with van der Waals surface area (Å²) in [4.78, 5) is 10.9. The Morgan fingerprint density at radius 1 is 1.06 bits per heavy atom. The van der Waals surface area contributed by atoms with Crippen LogP contribution >= 0.6 is 0 Å². The number of rotatable bonds is 3. The maximum absolute atomic E-state index is 10.9. The minimum atomic E-state index is -0.902. The average Bonchev–Trinajstić information content (AvgIpc) is 2.38. The maximum atomic E-state index is 10.9. The van der Waals surface area contributed by atoms with E-state index in [0.717, 1.165) is 11.1 Å².